The van der Waals surface area contributed by atoms with Gasteiger partial charge in [0, 0.05) is 31.6 Å². The molecule has 0 saturated carbocycles. The van der Waals surface area contributed by atoms with Crippen LogP contribution in [0.3, 0.4) is 0 Å². The van der Waals surface area contributed by atoms with E-state index >= 15 is 0 Å². The smallest absolute Gasteiger partial charge is 0.426 e. The largest absolute Gasteiger partial charge is 1.00 e. The molecular weight excluding hydrogens is 310 g/mol. The Kier molecular flexibility index (Phi) is 11.9. The van der Waals surface area contributed by atoms with Crippen molar-refractivity contribution in [3.63, 3.8) is 0 Å². The average molecular weight is 316 g/mol. The topological polar surface area (TPSA) is 80.5 Å². The molecule has 0 aliphatic rings. The third-order valence-corrected chi connectivity index (χ3v) is 1.48. The number of halogens is 2. The summed E-state index contributed by atoms with van der Waals surface area (Å²) in [5.74, 6) is 0.164. The van der Waals surface area contributed by atoms with Crippen molar-refractivity contribution in [2.24, 2.45) is 0 Å². The van der Waals surface area contributed by atoms with Crippen LogP contribution in [-0.4, -0.2) is 12.0 Å². The van der Waals surface area contributed by atoms with Gasteiger partial charge in [0.05, 0.1) is 18.1 Å². The van der Waals surface area contributed by atoms with E-state index in [1.165, 1.54) is 25.3 Å². The van der Waals surface area contributed by atoms with Crippen molar-refractivity contribution in [2.75, 3.05) is 7.11 Å². The molecule has 0 fully saturated rings. The summed E-state index contributed by atoms with van der Waals surface area (Å²) in [7, 11) is 1.34. The van der Waals surface area contributed by atoms with Gasteiger partial charge in [0.25, 0.3) is 5.69 Å². The first kappa shape index (κ1) is 20.5. The summed E-state index contributed by atoms with van der Waals surface area (Å²) in [6.07, 6.45) is 0. The summed E-state index contributed by atoms with van der Waals surface area (Å²) in [6, 6.07) is 3.73. The molecular formula is C7H6Cl2N3O3Zn-. The number of diazo groups is 1. The van der Waals surface area contributed by atoms with E-state index in [2.05, 4.69) is 4.98 Å². The fourth-order valence-electron chi connectivity index (χ4n) is 0.862. The van der Waals surface area contributed by atoms with Crippen LogP contribution in [0, 0.1) is 15.5 Å². The molecule has 0 radical (unpaired) electrons. The van der Waals surface area contributed by atoms with Crippen LogP contribution in [0.5, 0.6) is 5.75 Å². The minimum Gasteiger partial charge on any atom is -1.00 e. The molecule has 1 rings (SSSR count). The van der Waals surface area contributed by atoms with Crippen LogP contribution < -0.4 is 29.6 Å². The van der Waals surface area contributed by atoms with E-state index in [4.69, 9.17) is 10.1 Å². The number of methoxy groups -OCH3 is 1. The molecule has 0 aliphatic heterocycles. The summed E-state index contributed by atoms with van der Waals surface area (Å²) in [4.78, 5) is 12.7. The summed E-state index contributed by atoms with van der Waals surface area (Å²) in [6.45, 7) is 0. The molecule has 0 bridgehead atoms. The number of nitro benzene ring substituents is 1. The van der Waals surface area contributed by atoms with Gasteiger partial charge < -0.3 is 29.6 Å². The van der Waals surface area contributed by atoms with Gasteiger partial charge in [-0.15, -0.1) is 0 Å². The summed E-state index contributed by atoms with van der Waals surface area (Å²) in [5, 5.41) is 18.8. The number of nitrogens with zero attached hydrogens (tertiary/aromatic N) is 3. The van der Waals surface area contributed by atoms with Gasteiger partial charge in [-0.05, 0) is 0 Å². The molecule has 0 unspecified atom stereocenters. The second-order valence-electron chi connectivity index (χ2n) is 2.21. The molecule has 84 valence electrons. The Morgan fingerprint density at radius 2 is 2.00 bits per heavy atom. The molecule has 0 aromatic heterocycles. The van der Waals surface area contributed by atoms with Crippen LogP contribution in [0.4, 0.5) is 11.4 Å². The van der Waals surface area contributed by atoms with E-state index < -0.39 is 4.92 Å². The number of ether oxygens (including phenoxy) is 1. The first-order chi connectivity index (χ1) is 6.19. The van der Waals surface area contributed by atoms with Gasteiger partial charge in [-0.3, -0.25) is 10.1 Å². The Morgan fingerprint density at radius 3 is 2.38 bits per heavy atom. The molecule has 0 saturated heterocycles. The van der Waals surface area contributed by atoms with Crippen LogP contribution >= 0.6 is 0 Å². The van der Waals surface area contributed by atoms with Crippen molar-refractivity contribution in [3.05, 3.63) is 33.3 Å². The Balaban J connectivity index is -0.000000563. The molecule has 0 aliphatic carbocycles. The Bertz CT molecular complexity index is 397. The standard InChI is InChI=1S/C7H6N3O3.2ClH.Zn/c1-13-7-4-5(10(11)12)2-3-6(7)9-8;;;/h2-4H,1H3;2*1H;/q+1;;;/p-2. The van der Waals surface area contributed by atoms with Gasteiger partial charge in [0.1, 0.15) is 0 Å². The number of benzene rings is 1. The average Bonchev–Trinajstić information content (AvgIpc) is 2.16. The van der Waals surface area contributed by atoms with Crippen LogP contribution in [0.2, 0.25) is 0 Å². The first-order valence-electron chi connectivity index (χ1n) is 3.36. The maximum atomic E-state index is 10.3. The van der Waals surface area contributed by atoms with Gasteiger partial charge in [0.2, 0.25) is 11.1 Å². The molecule has 0 heterocycles. The number of rotatable bonds is 2. The third-order valence-electron chi connectivity index (χ3n) is 1.48. The minimum absolute atomic E-state index is 0. The van der Waals surface area contributed by atoms with Gasteiger partial charge in [-0.1, -0.05) is 0 Å². The minimum atomic E-state index is -0.552. The zero-order valence-corrected chi connectivity index (χ0v) is 12.7. The van der Waals surface area contributed by atoms with E-state index in [0.29, 0.717) is 0 Å². The molecule has 16 heavy (non-hydrogen) atoms. The number of non-ortho nitro benzene ring substituents is 1. The SMILES string of the molecule is COc1cc([N+](=O)[O-])ccc1[N+]#N.[Cl-].[Cl-].[Zn]. The predicted octanol–water partition coefficient (Wildman–Crippen LogP) is -3.91. The number of hydrogen-bond acceptors (Lipinski definition) is 4. The summed E-state index contributed by atoms with van der Waals surface area (Å²) in [5.41, 5.74) is 0.0531. The third kappa shape index (κ3) is 4.71. The van der Waals surface area contributed by atoms with E-state index in [9.17, 15) is 10.1 Å². The quantitative estimate of drug-likeness (QED) is 0.242. The molecule has 6 nitrogen and oxygen atoms in total. The maximum Gasteiger partial charge on any atom is 0.426 e. The molecule has 0 spiro atoms. The van der Waals surface area contributed by atoms with Crippen LogP contribution in [0.15, 0.2) is 18.2 Å². The normalized spacial score (nSPS) is 7.25. The van der Waals surface area contributed by atoms with Crippen LogP contribution in [0.1, 0.15) is 0 Å². The number of hydrogen-bond donors (Lipinski definition) is 0. The van der Waals surface area contributed by atoms with E-state index in [0.717, 1.165) is 0 Å². The van der Waals surface area contributed by atoms with Crippen LogP contribution in [-0.2, 0) is 19.5 Å². The molecule has 1 aromatic rings. The van der Waals surface area contributed by atoms with Crippen molar-refractivity contribution in [3.8, 4) is 5.75 Å². The van der Waals surface area contributed by atoms with Crippen molar-refractivity contribution < 1.29 is 54.0 Å². The van der Waals surface area contributed by atoms with Crippen molar-refractivity contribution >= 4 is 11.4 Å². The molecule has 0 N–H and O–H groups in total. The Hall–Kier alpha value is -0.957. The Morgan fingerprint density at radius 1 is 1.44 bits per heavy atom. The van der Waals surface area contributed by atoms with E-state index in [1.54, 1.807) is 0 Å². The number of nitro groups is 1. The first-order valence-corrected chi connectivity index (χ1v) is 3.36. The van der Waals surface area contributed by atoms with Gasteiger partial charge in [0.15, 0.2) is 4.98 Å². The van der Waals surface area contributed by atoms with Crippen molar-refractivity contribution in [2.45, 2.75) is 0 Å². The fraction of sp³-hybridized carbons (Fsp3) is 0.143. The van der Waals surface area contributed by atoms with Crippen LogP contribution in [0.25, 0.3) is 4.98 Å². The van der Waals surface area contributed by atoms with Gasteiger partial charge >= 0.3 is 5.69 Å². The molecule has 1 aromatic carbocycles. The Labute approximate surface area is 117 Å². The van der Waals surface area contributed by atoms with E-state index in [-0.39, 0.29) is 61.4 Å². The zero-order chi connectivity index (χ0) is 9.84. The molecule has 0 amide bonds. The van der Waals surface area contributed by atoms with Crippen molar-refractivity contribution in [1.82, 2.24) is 0 Å². The van der Waals surface area contributed by atoms with Gasteiger partial charge in [-0.2, -0.15) is 0 Å². The summed E-state index contributed by atoms with van der Waals surface area (Å²) < 4.78 is 4.77. The van der Waals surface area contributed by atoms with Crippen molar-refractivity contribution in [1.29, 1.82) is 5.39 Å². The van der Waals surface area contributed by atoms with Gasteiger partial charge in [-0.25, -0.2) is 0 Å². The zero-order valence-electron chi connectivity index (χ0n) is 8.26. The monoisotopic (exact) mass is 314 g/mol. The molecule has 0 atom stereocenters. The fourth-order valence-corrected chi connectivity index (χ4v) is 0.862. The second-order valence-corrected chi connectivity index (χ2v) is 2.21. The summed E-state index contributed by atoms with van der Waals surface area (Å²) >= 11 is 0. The maximum absolute atomic E-state index is 10.3. The predicted molar refractivity (Wildman–Crippen MR) is 44.4 cm³/mol. The molecule has 9 heteroatoms. The van der Waals surface area contributed by atoms with E-state index in [1.807, 2.05) is 0 Å². The second kappa shape index (κ2) is 9.28.